The highest BCUT2D eigenvalue weighted by Crippen LogP contribution is 2.18. The van der Waals surface area contributed by atoms with Gasteiger partial charge < -0.3 is 10.1 Å². The lowest BCUT2D eigenvalue weighted by Crippen LogP contribution is -2.29. The zero-order valence-corrected chi connectivity index (χ0v) is 13.9. The number of ether oxygens (including phenoxy) is 1. The molecule has 0 amide bonds. The van der Waals surface area contributed by atoms with E-state index in [1.165, 1.54) is 16.4 Å². The molecule has 108 valence electrons. The van der Waals surface area contributed by atoms with Crippen LogP contribution in [0, 0.1) is 3.57 Å². The highest BCUT2D eigenvalue weighted by molar-refractivity contribution is 14.1. The molecule has 1 aliphatic heterocycles. The Balaban J connectivity index is 0.000000224. The maximum Gasteiger partial charge on any atom is 0.293 e. The van der Waals surface area contributed by atoms with Crippen LogP contribution in [-0.4, -0.2) is 34.9 Å². The second kappa shape index (κ2) is 7.84. The van der Waals surface area contributed by atoms with Crippen molar-refractivity contribution in [3.63, 3.8) is 0 Å². The van der Waals surface area contributed by atoms with Crippen LogP contribution in [0.5, 0.6) is 0 Å². The van der Waals surface area contributed by atoms with Crippen molar-refractivity contribution in [2.24, 2.45) is 0 Å². The molecule has 0 aliphatic carbocycles. The lowest BCUT2D eigenvalue weighted by atomic mass is 10.1. The number of carbonyl (C=O) groups excluding carboxylic acids is 1. The average molecular weight is 379 g/mol. The average Bonchev–Trinajstić information content (AvgIpc) is 2.76. The Morgan fingerprint density at radius 3 is 2.47 bits per heavy atom. The van der Waals surface area contributed by atoms with Gasteiger partial charge in [-0.1, -0.05) is 0 Å². The molecule has 0 spiro atoms. The highest BCUT2D eigenvalue weighted by Gasteiger charge is 2.14. The molecular weight excluding hydrogens is 357 g/mol. The number of rotatable bonds is 2. The van der Waals surface area contributed by atoms with E-state index in [0.29, 0.717) is 12.5 Å². The Bertz CT molecular complexity index is 381. The van der Waals surface area contributed by atoms with Crippen molar-refractivity contribution in [3.8, 4) is 0 Å². The summed E-state index contributed by atoms with van der Waals surface area (Å²) in [6, 6.07) is 0.620. The first-order valence-electron chi connectivity index (χ1n) is 6.44. The predicted molar refractivity (Wildman–Crippen MR) is 83.0 cm³/mol. The predicted octanol–water partition coefficient (Wildman–Crippen LogP) is 2.37. The van der Waals surface area contributed by atoms with Crippen molar-refractivity contribution >= 4 is 29.1 Å². The van der Waals surface area contributed by atoms with Gasteiger partial charge in [0.1, 0.15) is 5.60 Å². The number of nitrogens with one attached hydrogen (secondary N) is 1. The van der Waals surface area contributed by atoms with E-state index in [2.05, 4.69) is 48.6 Å². The minimum Gasteiger partial charge on any atom is -0.462 e. The van der Waals surface area contributed by atoms with E-state index in [4.69, 9.17) is 0 Å². The third-order valence-corrected chi connectivity index (χ3v) is 3.21. The molecular formula is C13H22IN3O2. The van der Waals surface area contributed by atoms with Crippen molar-refractivity contribution in [1.82, 2.24) is 15.1 Å². The van der Waals surface area contributed by atoms with Gasteiger partial charge >= 0.3 is 0 Å². The molecule has 0 unspecified atom stereocenters. The van der Waals surface area contributed by atoms with Gasteiger partial charge in [-0.3, -0.25) is 9.48 Å². The Kier molecular flexibility index (Phi) is 6.78. The van der Waals surface area contributed by atoms with Gasteiger partial charge in [-0.15, -0.1) is 0 Å². The maximum atomic E-state index is 9.60. The van der Waals surface area contributed by atoms with Gasteiger partial charge in [0.15, 0.2) is 0 Å². The van der Waals surface area contributed by atoms with Gasteiger partial charge in [-0.05, 0) is 69.3 Å². The summed E-state index contributed by atoms with van der Waals surface area (Å²) in [5.74, 6) is 0. The fourth-order valence-corrected chi connectivity index (χ4v) is 2.14. The van der Waals surface area contributed by atoms with Crippen LogP contribution >= 0.6 is 22.6 Å². The lowest BCUT2D eigenvalue weighted by Gasteiger charge is -2.22. The van der Waals surface area contributed by atoms with Gasteiger partial charge in [0.25, 0.3) is 6.47 Å². The van der Waals surface area contributed by atoms with Crippen molar-refractivity contribution < 1.29 is 9.53 Å². The zero-order chi connectivity index (χ0) is 14.3. The minimum atomic E-state index is -0.318. The molecule has 2 heterocycles. The third kappa shape index (κ3) is 6.91. The molecule has 1 saturated heterocycles. The van der Waals surface area contributed by atoms with Crippen LogP contribution < -0.4 is 5.32 Å². The zero-order valence-electron chi connectivity index (χ0n) is 11.7. The second-order valence-electron chi connectivity index (χ2n) is 5.45. The van der Waals surface area contributed by atoms with Gasteiger partial charge in [0.05, 0.1) is 15.8 Å². The number of hydrogen-bond acceptors (Lipinski definition) is 4. The Labute approximate surface area is 128 Å². The van der Waals surface area contributed by atoms with E-state index in [9.17, 15) is 4.79 Å². The summed E-state index contributed by atoms with van der Waals surface area (Å²) in [6.45, 7) is 8.17. The topological polar surface area (TPSA) is 56.1 Å². The second-order valence-corrected chi connectivity index (χ2v) is 6.69. The van der Waals surface area contributed by atoms with Crippen LogP contribution in [0.15, 0.2) is 12.4 Å². The molecule has 0 atom stereocenters. The summed E-state index contributed by atoms with van der Waals surface area (Å²) < 4.78 is 7.88. The number of nitrogens with zero attached hydrogens (tertiary/aromatic N) is 2. The van der Waals surface area contributed by atoms with Crippen LogP contribution in [0.4, 0.5) is 0 Å². The molecule has 0 aromatic carbocycles. The SMILES string of the molecule is CC(C)(C)OC=O.Ic1cnn(C2CCNCC2)c1. The van der Waals surface area contributed by atoms with Crippen LogP contribution in [0.2, 0.25) is 0 Å². The van der Waals surface area contributed by atoms with E-state index >= 15 is 0 Å². The first-order chi connectivity index (χ1) is 8.92. The van der Waals surface area contributed by atoms with E-state index in [0.717, 1.165) is 13.1 Å². The highest BCUT2D eigenvalue weighted by atomic mass is 127. The van der Waals surface area contributed by atoms with E-state index in [1.807, 2.05) is 27.0 Å². The van der Waals surface area contributed by atoms with Crippen LogP contribution in [-0.2, 0) is 9.53 Å². The van der Waals surface area contributed by atoms with Gasteiger partial charge in [0.2, 0.25) is 0 Å². The molecule has 5 nitrogen and oxygen atoms in total. The fraction of sp³-hybridized carbons (Fsp3) is 0.692. The molecule has 1 aliphatic rings. The molecule has 1 N–H and O–H groups in total. The summed E-state index contributed by atoms with van der Waals surface area (Å²) >= 11 is 2.30. The normalized spacial score (nSPS) is 16.4. The fourth-order valence-electron chi connectivity index (χ4n) is 1.73. The molecule has 1 aromatic rings. The molecule has 0 radical (unpaired) electrons. The third-order valence-electron chi connectivity index (χ3n) is 2.65. The number of piperidine rings is 1. The molecule has 0 bridgehead atoms. The van der Waals surface area contributed by atoms with Crippen molar-refractivity contribution in [3.05, 3.63) is 16.0 Å². The summed E-state index contributed by atoms with van der Waals surface area (Å²) in [7, 11) is 0. The van der Waals surface area contributed by atoms with Gasteiger partial charge in [-0.2, -0.15) is 5.10 Å². The molecule has 6 heteroatoms. The lowest BCUT2D eigenvalue weighted by molar-refractivity contribution is -0.138. The van der Waals surface area contributed by atoms with Crippen LogP contribution in [0.3, 0.4) is 0 Å². The first kappa shape index (κ1) is 16.4. The standard InChI is InChI=1S/C8H12IN3.C5H10O2/c9-7-5-11-12(6-7)8-1-3-10-4-2-8;1-5(2,3)7-4-6/h5-6,8,10H,1-4H2;4H,1-3H3. The summed E-state index contributed by atoms with van der Waals surface area (Å²) in [6.07, 6.45) is 6.45. The van der Waals surface area contributed by atoms with E-state index in [-0.39, 0.29) is 5.60 Å². The van der Waals surface area contributed by atoms with Crippen LogP contribution in [0.1, 0.15) is 39.7 Å². The van der Waals surface area contributed by atoms with E-state index in [1.54, 1.807) is 0 Å². The van der Waals surface area contributed by atoms with Crippen molar-refractivity contribution in [2.45, 2.75) is 45.3 Å². The number of halogens is 1. The largest absolute Gasteiger partial charge is 0.462 e. The number of hydrogen-bond donors (Lipinski definition) is 1. The van der Waals surface area contributed by atoms with Crippen molar-refractivity contribution in [2.75, 3.05) is 13.1 Å². The molecule has 0 saturated carbocycles. The molecule has 19 heavy (non-hydrogen) atoms. The summed E-state index contributed by atoms with van der Waals surface area (Å²) in [5, 5.41) is 7.67. The molecule has 1 fully saturated rings. The number of carbonyl (C=O) groups is 1. The van der Waals surface area contributed by atoms with Gasteiger partial charge in [0, 0.05) is 6.20 Å². The first-order valence-corrected chi connectivity index (χ1v) is 7.52. The quantitative estimate of drug-likeness (QED) is 0.633. The Hall–Kier alpha value is -0.630. The molecule has 1 aromatic heterocycles. The van der Waals surface area contributed by atoms with Crippen LogP contribution in [0.25, 0.3) is 0 Å². The minimum absolute atomic E-state index is 0.318. The monoisotopic (exact) mass is 379 g/mol. The van der Waals surface area contributed by atoms with E-state index < -0.39 is 0 Å². The maximum absolute atomic E-state index is 9.60. The number of aromatic nitrogens is 2. The van der Waals surface area contributed by atoms with Gasteiger partial charge in [-0.25, -0.2) is 0 Å². The smallest absolute Gasteiger partial charge is 0.293 e. The summed E-state index contributed by atoms with van der Waals surface area (Å²) in [4.78, 5) is 9.60. The Morgan fingerprint density at radius 1 is 1.47 bits per heavy atom. The van der Waals surface area contributed by atoms with Crippen molar-refractivity contribution in [1.29, 1.82) is 0 Å². The Morgan fingerprint density at radius 2 is 2.11 bits per heavy atom. The molecule has 2 rings (SSSR count). The summed E-state index contributed by atoms with van der Waals surface area (Å²) in [5.41, 5.74) is -0.318.